The Morgan fingerprint density at radius 2 is 2.18 bits per heavy atom. The molecule has 1 atom stereocenters. The SMILES string of the molecule is O=C(CN1CCCC1c1ccccc1Cl)NCc1cccs1. The van der Waals surface area contributed by atoms with Crippen molar-refractivity contribution in [3.63, 3.8) is 0 Å². The average molecular weight is 335 g/mol. The summed E-state index contributed by atoms with van der Waals surface area (Å²) in [6.45, 7) is 1.99. The molecule has 1 N–H and O–H groups in total. The second kappa shape index (κ2) is 7.27. The molecule has 1 aliphatic heterocycles. The van der Waals surface area contributed by atoms with Crippen LogP contribution in [-0.2, 0) is 11.3 Å². The van der Waals surface area contributed by atoms with E-state index < -0.39 is 0 Å². The quantitative estimate of drug-likeness (QED) is 0.900. The molecular formula is C17H19ClN2OS. The molecule has 1 fully saturated rings. The molecule has 3 rings (SSSR count). The number of hydrogen-bond acceptors (Lipinski definition) is 3. The van der Waals surface area contributed by atoms with Crippen LogP contribution in [0.4, 0.5) is 0 Å². The van der Waals surface area contributed by atoms with Crippen LogP contribution in [0.25, 0.3) is 0 Å². The van der Waals surface area contributed by atoms with Gasteiger partial charge < -0.3 is 5.32 Å². The zero-order valence-corrected chi connectivity index (χ0v) is 13.9. The fourth-order valence-electron chi connectivity index (χ4n) is 2.95. The van der Waals surface area contributed by atoms with Crippen molar-refractivity contribution in [2.24, 2.45) is 0 Å². The Morgan fingerprint density at radius 3 is 2.95 bits per heavy atom. The van der Waals surface area contributed by atoms with Crippen molar-refractivity contribution in [1.82, 2.24) is 10.2 Å². The van der Waals surface area contributed by atoms with Crippen molar-refractivity contribution in [2.45, 2.75) is 25.4 Å². The number of halogens is 1. The highest BCUT2D eigenvalue weighted by atomic mass is 35.5. The van der Waals surface area contributed by atoms with Gasteiger partial charge in [0, 0.05) is 15.9 Å². The number of carbonyl (C=O) groups is 1. The summed E-state index contributed by atoms with van der Waals surface area (Å²) in [6, 6.07) is 12.2. The van der Waals surface area contributed by atoms with Gasteiger partial charge in [-0.3, -0.25) is 9.69 Å². The lowest BCUT2D eigenvalue weighted by Gasteiger charge is -2.24. The molecule has 0 radical (unpaired) electrons. The summed E-state index contributed by atoms with van der Waals surface area (Å²) in [5.41, 5.74) is 1.13. The standard InChI is InChI=1S/C17H19ClN2OS/c18-15-7-2-1-6-14(15)16-8-3-9-20(16)12-17(21)19-11-13-5-4-10-22-13/h1-2,4-7,10,16H,3,8-9,11-12H2,(H,19,21). The number of amides is 1. The van der Waals surface area contributed by atoms with E-state index in [1.54, 1.807) is 11.3 Å². The molecule has 2 aromatic rings. The van der Waals surface area contributed by atoms with Gasteiger partial charge in [0.05, 0.1) is 13.1 Å². The first kappa shape index (κ1) is 15.5. The molecule has 0 bridgehead atoms. The van der Waals surface area contributed by atoms with Gasteiger partial charge in [-0.05, 0) is 42.5 Å². The molecule has 116 valence electrons. The molecule has 2 heterocycles. The van der Waals surface area contributed by atoms with Gasteiger partial charge in [-0.2, -0.15) is 0 Å². The number of hydrogen-bond donors (Lipinski definition) is 1. The molecule has 5 heteroatoms. The Bertz CT molecular complexity index is 629. The second-order valence-corrected chi connectivity index (χ2v) is 6.95. The van der Waals surface area contributed by atoms with E-state index in [2.05, 4.69) is 16.3 Å². The number of nitrogens with one attached hydrogen (secondary N) is 1. The molecule has 1 aromatic carbocycles. The molecule has 1 saturated heterocycles. The summed E-state index contributed by atoms with van der Waals surface area (Å²) < 4.78 is 0. The van der Waals surface area contributed by atoms with Gasteiger partial charge >= 0.3 is 0 Å². The van der Waals surface area contributed by atoms with E-state index in [9.17, 15) is 4.79 Å². The molecule has 0 spiro atoms. The van der Waals surface area contributed by atoms with Crippen LogP contribution in [0.15, 0.2) is 41.8 Å². The average Bonchev–Trinajstić information content (AvgIpc) is 3.17. The highest BCUT2D eigenvalue weighted by Gasteiger charge is 2.28. The number of nitrogens with zero attached hydrogens (tertiary/aromatic N) is 1. The molecular weight excluding hydrogens is 316 g/mol. The van der Waals surface area contributed by atoms with Gasteiger partial charge in [-0.15, -0.1) is 11.3 Å². The Balaban J connectivity index is 1.59. The van der Waals surface area contributed by atoms with Gasteiger partial charge in [-0.25, -0.2) is 0 Å². The Kier molecular flexibility index (Phi) is 5.13. The normalized spacial score (nSPS) is 18.5. The van der Waals surface area contributed by atoms with Crippen molar-refractivity contribution in [3.05, 3.63) is 57.2 Å². The van der Waals surface area contributed by atoms with Gasteiger partial charge in [0.25, 0.3) is 0 Å². The summed E-state index contributed by atoms with van der Waals surface area (Å²) in [5, 5.41) is 5.81. The fraction of sp³-hybridized carbons (Fsp3) is 0.353. The molecule has 22 heavy (non-hydrogen) atoms. The van der Waals surface area contributed by atoms with Crippen LogP contribution in [0.3, 0.4) is 0 Å². The van der Waals surface area contributed by atoms with E-state index >= 15 is 0 Å². The lowest BCUT2D eigenvalue weighted by molar-refractivity contribution is -0.122. The van der Waals surface area contributed by atoms with Crippen LogP contribution >= 0.6 is 22.9 Å². The van der Waals surface area contributed by atoms with E-state index in [-0.39, 0.29) is 11.9 Å². The Hall–Kier alpha value is -1.36. The van der Waals surface area contributed by atoms with E-state index in [0.29, 0.717) is 13.1 Å². The number of carbonyl (C=O) groups excluding carboxylic acids is 1. The largest absolute Gasteiger partial charge is 0.350 e. The maximum Gasteiger partial charge on any atom is 0.234 e. The molecule has 3 nitrogen and oxygen atoms in total. The topological polar surface area (TPSA) is 32.3 Å². The van der Waals surface area contributed by atoms with Gasteiger partial charge in [0.15, 0.2) is 0 Å². The second-order valence-electron chi connectivity index (χ2n) is 5.51. The third-order valence-electron chi connectivity index (χ3n) is 4.01. The van der Waals surface area contributed by atoms with Crippen LogP contribution < -0.4 is 5.32 Å². The van der Waals surface area contributed by atoms with E-state index in [0.717, 1.165) is 30.0 Å². The van der Waals surface area contributed by atoms with Crippen LogP contribution in [0.5, 0.6) is 0 Å². The Morgan fingerprint density at radius 1 is 1.32 bits per heavy atom. The van der Waals surface area contributed by atoms with E-state index in [4.69, 9.17) is 11.6 Å². The third-order valence-corrected chi connectivity index (χ3v) is 5.24. The number of likely N-dealkylation sites (tertiary alicyclic amines) is 1. The number of rotatable bonds is 5. The zero-order chi connectivity index (χ0) is 15.4. The number of benzene rings is 1. The molecule has 1 aliphatic rings. The lowest BCUT2D eigenvalue weighted by atomic mass is 10.0. The van der Waals surface area contributed by atoms with Crippen molar-refractivity contribution >= 4 is 28.8 Å². The first-order chi connectivity index (χ1) is 10.7. The van der Waals surface area contributed by atoms with Crippen molar-refractivity contribution in [1.29, 1.82) is 0 Å². The van der Waals surface area contributed by atoms with Crippen molar-refractivity contribution < 1.29 is 4.79 Å². The summed E-state index contributed by atoms with van der Waals surface area (Å²) >= 11 is 7.97. The third kappa shape index (κ3) is 3.69. The fourth-order valence-corrected chi connectivity index (χ4v) is 3.86. The van der Waals surface area contributed by atoms with Crippen molar-refractivity contribution in [2.75, 3.05) is 13.1 Å². The molecule has 0 saturated carbocycles. The summed E-state index contributed by atoms with van der Waals surface area (Å²) in [5.74, 6) is 0.0763. The van der Waals surface area contributed by atoms with Crippen LogP contribution in [-0.4, -0.2) is 23.9 Å². The number of thiophene rings is 1. The molecule has 1 unspecified atom stereocenters. The van der Waals surface area contributed by atoms with Gasteiger partial charge in [0.1, 0.15) is 0 Å². The zero-order valence-electron chi connectivity index (χ0n) is 12.3. The molecule has 0 aliphatic carbocycles. The predicted octanol–water partition coefficient (Wildman–Crippen LogP) is 3.85. The predicted molar refractivity (Wildman–Crippen MR) is 91.2 cm³/mol. The highest BCUT2D eigenvalue weighted by Crippen LogP contribution is 2.35. The minimum absolute atomic E-state index is 0.0763. The smallest absolute Gasteiger partial charge is 0.234 e. The van der Waals surface area contributed by atoms with Crippen LogP contribution in [0, 0.1) is 0 Å². The first-order valence-corrected chi connectivity index (χ1v) is 8.77. The van der Waals surface area contributed by atoms with Crippen LogP contribution in [0.2, 0.25) is 5.02 Å². The first-order valence-electron chi connectivity index (χ1n) is 7.51. The summed E-state index contributed by atoms with van der Waals surface area (Å²) in [6.07, 6.45) is 2.16. The van der Waals surface area contributed by atoms with Crippen molar-refractivity contribution in [3.8, 4) is 0 Å². The van der Waals surface area contributed by atoms with Crippen LogP contribution in [0.1, 0.15) is 29.3 Å². The highest BCUT2D eigenvalue weighted by molar-refractivity contribution is 7.09. The monoisotopic (exact) mass is 334 g/mol. The lowest BCUT2D eigenvalue weighted by Crippen LogP contribution is -2.36. The summed E-state index contributed by atoms with van der Waals surface area (Å²) in [4.78, 5) is 15.6. The molecule has 1 aromatic heterocycles. The maximum absolute atomic E-state index is 12.2. The minimum Gasteiger partial charge on any atom is -0.350 e. The van der Waals surface area contributed by atoms with E-state index in [1.165, 1.54) is 4.88 Å². The molecule has 1 amide bonds. The minimum atomic E-state index is 0.0763. The maximum atomic E-state index is 12.2. The van der Waals surface area contributed by atoms with Gasteiger partial charge in [0.2, 0.25) is 5.91 Å². The Labute approximate surface area is 139 Å². The summed E-state index contributed by atoms with van der Waals surface area (Å²) in [7, 11) is 0. The van der Waals surface area contributed by atoms with Gasteiger partial charge in [-0.1, -0.05) is 35.9 Å². The van der Waals surface area contributed by atoms with E-state index in [1.807, 2.05) is 35.7 Å².